The largest absolute Gasteiger partial charge is 0.339 e. The molecule has 6 aromatic rings. The highest BCUT2D eigenvalue weighted by atomic mass is 32.1. The van der Waals surface area contributed by atoms with Crippen LogP contribution in [0.25, 0.3) is 16.7 Å². The number of nitriles is 1. The first-order valence-electron chi connectivity index (χ1n) is 19.1. The molecule has 0 atom stereocenters. The number of thiophene rings is 1. The SMILES string of the molecule is CCN(c1ccccc1)c1sc(C(=C2C=CC(=[N+](c3ccccc3)C(C)C)C=C2)c2ccc(N(c3ccccc3)C(C)C)cc2)c(-c2ccccc2)c1C#N. The number of benzene rings is 5. The minimum Gasteiger partial charge on any atom is -0.339 e. The molecule has 0 bridgehead atoms. The molecule has 0 unspecified atom stereocenters. The first-order valence-corrected chi connectivity index (χ1v) is 19.9. The van der Waals surface area contributed by atoms with Crippen molar-refractivity contribution in [1.29, 1.82) is 5.26 Å². The molecule has 0 saturated heterocycles. The highest BCUT2D eigenvalue weighted by Crippen LogP contribution is 2.49. The Morgan fingerprint density at radius 1 is 0.655 bits per heavy atom. The Labute approximate surface area is 330 Å². The van der Waals surface area contributed by atoms with Crippen LogP contribution < -0.4 is 9.80 Å². The molecule has 4 nitrogen and oxygen atoms in total. The Hall–Kier alpha value is -6.22. The molecule has 1 aliphatic carbocycles. The quantitative estimate of drug-likeness (QED) is 0.124. The van der Waals surface area contributed by atoms with E-state index in [1.165, 1.54) is 0 Å². The van der Waals surface area contributed by atoms with Crippen molar-refractivity contribution in [2.24, 2.45) is 0 Å². The van der Waals surface area contributed by atoms with Gasteiger partial charge >= 0.3 is 0 Å². The predicted molar refractivity (Wildman–Crippen MR) is 235 cm³/mol. The molecule has 1 aromatic heterocycles. The van der Waals surface area contributed by atoms with E-state index in [0.717, 1.165) is 72.7 Å². The molecule has 5 aromatic carbocycles. The van der Waals surface area contributed by atoms with E-state index in [-0.39, 0.29) is 12.1 Å². The van der Waals surface area contributed by atoms with Crippen molar-refractivity contribution in [3.05, 3.63) is 191 Å². The second-order valence-electron chi connectivity index (χ2n) is 14.1. The van der Waals surface area contributed by atoms with Crippen LogP contribution in [-0.4, -0.2) is 28.9 Å². The van der Waals surface area contributed by atoms with Crippen LogP contribution in [0.4, 0.5) is 27.8 Å². The van der Waals surface area contributed by atoms with Gasteiger partial charge < -0.3 is 9.80 Å². The second kappa shape index (κ2) is 16.8. The lowest BCUT2D eigenvalue weighted by molar-refractivity contribution is -0.474. The van der Waals surface area contributed by atoms with E-state index >= 15 is 0 Å². The first kappa shape index (κ1) is 37.1. The maximum absolute atomic E-state index is 11.0. The van der Waals surface area contributed by atoms with Gasteiger partial charge in [0.2, 0.25) is 11.4 Å². The third-order valence-corrected chi connectivity index (χ3v) is 11.1. The minimum atomic E-state index is 0.262. The Balaban J connectivity index is 1.47. The molecule has 0 radical (unpaired) electrons. The van der Waals surface area contributed by atoms with Gasteiger partial charge in [-0.25, -0.2) is 0 Å². The predicted octanol–water partition coefficient (Wildman–Crippen LogP) is 13.1. The third-order valence-electron chi connectivity index (χ3n) is 9.89. The summed E-state index contributed by atoms with van der Waals surface area (Å²) in [7, 11) is 0. The molecule has 1 aliphatic rings. The van der Waals surface area contributed by atoms with Crippen LogP contribution in [-0.2, 0) is 0 Å². The smallest absolute Gasteiger partial charge is 0.205 e. The standard InChI is InChI=1S/C50H47N4S/c1-6-52(41-21-13-8-14-22-41)50-46(35-51)48(38-19-11-7-12-20-38)49(55-50)47(39-27-31-44(32-28-39)53(36(2)3)42-23-15-9-16-24-42)40-29-33-45(34-30-40)54(37(4)5)43-25-17-10-18-26-43/h7-34,36-37H,6H2,1-5H3/q+1. The monoisotopic (exact) mass is 735 g/mol. The van der Waals surface area contributed by atoms with Gasteiger partial charge in [-0.1, -0.05) is 97.1 Å². The fraction of sp³-hybridized carbons (Fsp3) is 0.160. The average Bonchev–Trinajstić information content (AvgIpc) is 3.59. The van der Waals surface area contributed by atoms with Crippen LogP contribution in [0.1, 0.15) is 50.6 Å². The summed E-state index contributed by atoms with van der Waals surface area (Å²) in [6.07, 6.45) is 8.96. The summed E-state index contributed by atoms with van der Waals surface area (Å²) in [5.74, 6) is 0. The number of nitrogens with zero attached hydrogens (tertiary/aromatic N) is 4. The van der Waals surface area contributed by atoms with E-state index in [9.17, 15) is 5.26 Å². The number of hydrogen-bond donors (Lipinski definition) is 0. The van der Waals surface area contributed by atoms with Gasteiger partial charge in [-0.15, -0.1) is 11.3 Å². The van der Waals surface area contributed by atoms with Gasteiger partial charge in [0.05, 0.1) is 5.56 Å². The van der Waals surface area contributed by atoms with Crippen molar-refractivity contribution in [1.82, 2.24) is 0 Å². The molecule has 272 valence electrons. The van der Waals surface area contributed by atoms with E-state index in [1.807, 2.05) is 12.1 Å². The first-order chi connectivity index (χ1) is 26.9. The van der Waals surface area contributed by atoms with Crippen LogP contribution in [0.15, 0.2) is 175 Å². The zero-order valence-electron chi connectivity index (χ0n) is 32.2. The van der Waals surface area contributed by atoms with Gasteiger partial charge in [-0.3, -0.25) is 0 Å². The molecule has 1 heterocycles. The Morgan fingerprint density at radius 2 is 1.18 bits per heavy atom. The lowest BCUT2D eigenvalue weighted by Gasteiger charge is -2.29. The zero-order valence-corrected chi connectivity index (χ0v) is 33.0. The molecule has 0 aliphatic heterocycles. The van der Waals surface area contributed by atoms with Crippen molar-refractivity contribution < 1.29 is 4.58 Å². The van der Waals surface area contributed by atoms with E-state index in [2.05, 4.69) is 213 Å². The summed E-state index contributed by atoms with van der Waals surface area (Å²) in [5, 5.41) is 12.0. The van der Waals surface area contributed by atoms with Gasteiger partial charge in [0.15, 0.2) is 6.04 Å². The molecule has 0 N–H and O–H groups in total. The lowest BCUT2D eigenvalue weighted by atomic mass is 9.90. The molecule has 5 heteroatoms. The molecule has 0 amide bonds. The molecule has 55 heavy (non-hydrogen) atoms. The second-order valence-corrected chi connectivity index (χ2v) is 15.1. The van der Waals surface area contributed by atoms with Gasteiger partial charge in [-0.2, -0.15) is 9.84 Å². The Bertz CT molecular complexity index is 2380. The van der Waals surface area contributed by atoms with Gasteiger partial charge in [0.25, 0.3) is 0 Å². The van der Waals surface area contributed by atoms with E-state index in [1.54, 1.807) is 11.3 Å². The van der Waals surface area contributed by atoms with Gasteiger partial charge in [0, 0.05) is 69.9 Å². The fourth-order valence-corrected chi connectivity index (χ4v) is 8.94. The normalized spacial score (nSPS) is 12.3. The summed E-state index contributed by atoms with van der Waals surface area (Å²) in [5.41, 5.74) is 11.6. The van der Waals surface area contributed by atoms with Crippen LogP contribution in [0.2, 0.25) is 0 Å². The Kier molecular flexibility index (Phi) is 11.4. The Morgan fingerprint density at radius 3 is 1.71 bits per heavy atom. The maximum Gasteiger partial charge on any atom is 0.205 e. The summed E-state index contributed by atoms with van der Waals surface area (Å²) in [4.78, 5) is 5.71. The number of hydrogen-bond acceptors (Lipinski definition) is 4. The third kappa shape index (κ3) is 7.74. The molecule has 0 spiro atoms. The highest BCUT2D eigenvalue weighted by molar-refractivity contribution is 7.18. The topological polar surface area (TPSA) is 33.3 Å². The number of anilines is 4. The molecular weight excluding hydrogens is 689 g/mol. The van der Waals surface area contributed by atoms with Gasteiger partial charge in [-0.05, 0) is 99.9 Å². The lowest BCUT2D eigenvalue weighted by Crippen LogP contribution is -2.25. The summed E-state index contributed by atoms with van der Waals surface area (Å²) in [6, 6.07) is 54.1. The van der Waals surface area contributed by atoms with Crippen LogP contribution in [0.3, 0.4) is 0 Å². The van der Waals surface area contributed by atoms with Crippen molar-refractivity contribution in [2.45, 2.75) is 46.7 Å². The van der Waals surface area contributed by atoms with Crippen molar-refractivity contribution >= 4 is 50.4 Å². The van der Waals surface area contributed by atoms with E-state index in [4.69, 9.17) is 0 Å². The summed E-state index contributed by atoms with van der Waals surface area (Å²) in [6.45, 7) is 11.8. The molecular formula is C50H47N4S+. The van der Waals surface area contributed by atoms with E-state index < -0.39 is 0 Å². The molecule has 7 rings (SSSR count). The van der Waals surface area contributed by atoms with Crippen molar-refractivity contribution in [3.63, 3.8) is 0 Å². The number of para-hydroxylation sites is 3. The van der Waals surface area contributed by atoms with Crippen molar-refractivity contribution in [2.75, 3.05) is 16.3 Å². The maximum atomic E-state index is 11.0. The zero-order chi connectivity index (χ0) is 38.3. The average molecular weight is 736 g/mol. The molecule has 0 fully saturated rings. The number of rotatable bonds is 11. The highest BCUT2D eigenvalue weighted by Gasteiger charge is 2.28. The van der Waals surface area contributed by atoms with Crippen LogP contribution in [0, 0.1) is 11.3 Å². The van der Waals surface area contributed by atoms with Crippen molar-refractivity contribution in [3.8, 4) is 17.2 Å². The molecule has 0 saturated carbocycles. The van der Waals surface area contributed by atoms with Crippen LogP contribution in [0.5, 0.6) is 0 Å². The summed E-state index contributed by atoms with van der Waals surface area (Å²) >= 11 is 1.70. The minimum absolute atomic E-state index is 0.262. The van der Waals surface area contributed by atoms with Gasteiger partial charge in [0.1, 0.15) is 11.1 Å². The fourth-order valence-electron chi connectivity index (χ4n) is 7.49. The van der Waals surface area contributed by atoms with E-state index in [0.29, 0.717) is 5.56 Å². The number of allylic oxidation sites excluding steroid dienone is 5. The van der Waals surface area contributed by atoms with Crippen LogP contribution >= 0.6 is 11.3 Å². The summed E-state index contributed by atoms with van der Waals surface area (Å²) < 4.78 is 2.37.